The van der Waals surface area contributed by atoms with E-state index in [-0.39, 0.29) is 6.03 Å². The molecule has 0 saturated heterocycles. The standard InChI is InChI=1S/C13H17N3O2S/c1-4-12-15-10-6-5-9(7-11(10)19-12)8-14-13(17)16(2)18-3/h5-7H,4,8H2,1-3H3,(H,14,17). The van der Waals surface area contributed by atoms with Gasteiger partial charge in [-0.1, -0.05) is 13.0 Å². The first kappa shape index (κ1) is 13.8. The van der Waals surface area contributed by atoms with Crippen LogP contribution in [-0.2, 0) is 17.8 Å². The molecule has 1 aromatic heterocycles. The number of nitrogens with one attached hydrogen (secondary N) is 1. The Balaban J connectivity index is 2.07. The predicted octanol–water partition coefficient (Wildman–Crippen LogP) is 2.56. The lowest BCUT2D eigenvalue weighted by molar-refractivity contribution is -0.0648. The molecular formula is C13H17N3O2S. The van der Waals surface area contributed by atoms with Crippen molar-refractivity contribution in [2.75, 3.05) is 14.2 Å². The zero-order valence-corrected chi connectivity index (χ0v) is 12.1. The number of aromatic nitrogens is 1. The summed E-state index contributed by atoms with van der Waals surface area (Å²) in [4.78, 5) is 20.9. The zero-order valence-electron chi connectivity index (χ0n) is 11.3. The molecular weight excluding hydrogens is 262 g/mol. The molecule has 5 nitrogen and oxygen atoms in total. The highest BCUT2D eigenvalue weighted by Crippen LogP contribution is 2.23. The molecule has 2 amide bonds. The maximum Gasteiger partial charge on any atom is 0.341 e. The molecule has 0 aliphatic rings. The van der Waals surface area contributed by atoms with E-state index in [1.54, 1.807) is 18.4 Å². The van der Waals surface area contributed by atoms with Crippen LogP contribution in [0.1, 0.15) is 17.5 Å². The highest BCUT2D eigenvalue weighted by atomic mass is 32.1. The monoisotopic (exact) mass is 279 g/mol. The van der Waals surface area contributed by atoms with Gasteiger partial charge in [0.2, 0.25) is 0 Å². The van der Waals surface area contributed by atoms with E-state index in [0.717, 1.165) is 32.3 Å². The maximum absolute atomic E-state index is 11.5. The van der Waals surface area contributed by atoms with Gasteiger partial charge < -0.3 is 5.32 Å². The third kappa shape index (κ3) is 3.21. The van der Waals surface area contributed by atoms with E-state index < -0.39 is 0 Å². The number of rotatable bonds is 4. The Hall–Kier alpha value is -1.66. The number of carbonyl (C=O) groups excluding carboxylic acids is 1. The van der Waals surface area contributed by atoms with E-state index in [2.05, 4.69) is 23.3 Å². The van der Waals surface area contributed by atoms with Gasteiger partial charge in [-0.15, -0.1) is 11.3 Å². The molecule has 1 N–H and O–H groups in total. The minimum atomic E-state index is -0.263. The van der Waals surface area contributed by atoms with Crippen molar-refractivity contribution in [3.63, 3.8) is 0 Å². The lowest BCUT2D eigenvalue weighted by Crippen LogP contribution is -2.35. The van der Waals surface area contributed by atoms with Crippen molar-refractivity contribution in [3.8, 4) is 0 Å². The molecule has 0 aliphatic carbocycles. The van der Waals surface area contributed by atoms with Crippen molar-refractivity contribution >= 4 is 27.6 Å². The SMILES string of the molecule is CCc1nc2ccc(CNC(=O)N(C)OC)cc2s1. The highest BCUT2D eigenvalue weighted by molar-refractivity contribution is 7.18. The van der Waals surface area contributed by atoms with E-state index in [4.69, 9.17) is 4.84 Å². The fraction of sp³-hybridized carbons (Fsp3) is 0.385. The number of amides is 2. The Kier molecular flexibility index (Phi) is 4.34. The summed E-state index contributed by atoms with van der Waals surface area (Å²) >= 11 is 1.70. The van der Waals surface area contributed by atoms with Gasteiger partial charge in [-0.25, -0.2) is 14.8 Å². The fourth-order valence-corrected chi connectivity index (χ4v) is 2.62. The lowest BCUT2D eigenvalue weighted by Gasteiger charge is -2.14. The molecule has 0 fully saturated rings. The van der Waals surface area contributed by atoms with Crippen LogP contribution in [0.25, 0.3) is 10.2 Å². The van der Waals surface area contributed by atoms with E-state index in [1.165, 1.54) is 7.11 Å². The van der Waals surface area contributed by atoms with Crippen LogP contribution in [0, 0.1) is 0 Å². The van der Waals surface area contributed by atoms with Gasteiger partial charge in [0.25, 0.3) is 0 Å². The van der Waals surface area contributed by atoms with Gasteiger partial charge in [-0.05, 0) is 24.1 Å². The number of carbonyl (C=O) groups is 1. The summed E-state index contributed by atoms with van der Waals surface area (Å²) in [6, 6.07) is 5.78. The molecule has 6 heteroatoms. The Morgan fingerprint density at radius 3 is 3.00 bits per heavy atom. The Morgan fingerprint density at radius 1 is 1.53 bits per heavy atom. The van der Waals surface area contributed by atoms with Gasteiger partial charge in [0.15, 0.2) is 0 Å². The topological polar surface area (TPSA) is 54.5 Å². The summed E-state index contributed by atoms with van der Waals surface area (Å²) in [5, 5.41) is 5.07. The third-order valence-electron chi connectivity index (χ3n) is 2.80. The Bertz CT molecular complexity index is 582. The zero-order chi connectivity index (χ0) is 13.8. The molecule has 0 bridgehead atoms. The van der Waals surface area contributed by atoms with Gasteiger partial charge in [0.05, 0.1) is 22.3 Å². The molecule has 0 spiro atoms. The first-order valence-electron chi connectivity index (χ1n) is 6.08. The van der Waals surface area contributed by atoms with Crippen LogP contribution in [0.5, 0.6) is 0 Å². The number of hydrogen-bond donors (Lipinski definition) is 1. The van der Waals surface area contributed by atoms with Gasteiger partial charge in [0.1, 0.15) is 0 Å². The van der Waals surface area contributed by atoms with Crippen LogP contribution in [0.2, 0.25) is 0 Å². The Morgan fingerprint density at radius 2 is 2.32 bits per heavy atom. The molecule has 1 heterocycles. The summed E-state index contributed by atoms with van der Waals surface area (Å²) in [6.45, 7) is 2.57. The summed E-state index contributed by atoms with van der Waals surface area (Å²) in [6.07, 6.45) is 0.948. The minimum absolute atomic E-state index is 0.263. The molecule has 1 aromatic carbocycles. The number of nitrogens with zero attached hydrogens (tertiary/aromatic N) is 2. The summed E-state index contributed by atoms with van der Waals surface area (Å²) in [5.74, 6) is 0. The van der Waals surface area contributed by atoms with E-state index in [1.807, 2.05) is 12.1 Å². The molecule has 0 atom stereocenters. The number of hydroxylamine groups is 2. The van der Waals surface area contributed by atoms with E-state index >= 15 is 0 Å². The summed E-state index contributed by atoms with van der Waals surface area (Å²) < 4.78 is 1.16. The number of fused-ring (bicyclic) bond motifs is 1. The van der Waals surface area contributed by atoms with Gasteiger partial charge in [-0.2, -0.15) is 0 Å². The molecule has 0 saturated carbocycles. The van der Waals surface area contributed by atoms with Crippen molar-refractivity contribution in [3.05, 3.63) is 28.8 Å². The number of thiazole rings is 1. The quantitative estimate of drug-likeness (QED) is 0.875. The second-order valence-corrected chi connectivity index (χ2v) is 5.22. The van der Waals surface area contributed by atoms with Crippen molar-refractivity contribution in [2.45, 2.75) is 19.9 Å². The van der Waals surface area contributed by atoms with Gasteiger partial charge >= 0.3 is 6.03 Å². The minimum Gasteiger partial charge on any atom is -0.332 e. The number of benzene rings is 1. The van der Waals surface area contributed by atoms with Gasteiger partial charge in [-0.3, -0.25) is 4.84 Å². The smallest absolute Gasteiger partial charge is 0.332 e. The van der Waals surface area contributed by atoms with Crippen LogP contribution in [-0.4, -0.2) is 30.2 Å². The first-order chi connectivity index (χ1) is 9.13. The molecule has 0 unspecified atom stereocenters. The average Bonchev–Trinajstić information content (AvgIpc) is 2.85. The van der Waals surface area contributed by atoms with Crippen LogP contribution in [0.15, 0.2) is 18.2 Å². The fourth-order valence-electron chi connectivity index (χ4n) is 1.65. The Labute approximate surface area is 116 Å². The van der Waals surface area contributed by atoms with Gasteiger partial charge in [0, 0.05) is 13.6 Å². The lowest BCUT2D eigenvalue weighted by atomic mass is 10.2. The summed E-state index contributed by atoms with van der Waals surface area (Å²) in [7, 11) is 3.02. The van der Waals surface area contributed by atoms with Crippen molar-refractivity contribution in [2.24, 2.45) is 0 Å². The molecule has 0 aliphatic heterocycles. The van der Waals surface area contributed by atoms with Crippen LogP contribution in [0.3, 0.4) is 0 Å². The van der Waals surface area contributed by atoms with Crippen LogP contribution < -0.4 is 5.32 Å². The van der Waals surface area contributed by atoms with Crippen LogP contribution >= 0.6 is 11.3 Å². The average molecular weight is 279 g/mol. The second kappa shape index (κ2) is 5.99. The third-order valence-corrected chi connectivity index (χ3v) is 3.97. The van der Waals surface area contributed by atoms with Crippen molar-refractivity contribution < 1.29 is 9.63 Å². The molecule has 0 radical (unpaired) electrons. The van der Waals surface area contributed by atoms with E-state index in [9.17, 15) is 4.79 Å². The molecule has 2 rings (SSSR count). The molecule has 2 aromatic rings. The van der Waals surface area contributed by atoms with Crippen molar-refractivity contribution in [1.82, 2.24) is 15.4 Å². The first-order valence-corrected chi connectivity index (χ1v) is 6.89. The number of aryl methyl sites for hydroxylation is 1. The van der Waals surface area contributed by atoms with Crippen molar-refractivity contribution in [1.29, 1.82) is 0 Å². The predicted molar refractivity (Wildman–Crippen MR) is 76.0 cm³/mol. The van der Waals surface area contributed by atoms with E-state index in [0.29, 0.717) is 6.54 Å². The van der Waals surface area contributed by atoms with Crippen LogP contribution in [0.4, 0.5) is 4.79 Å². The normalized spacial score (nSPS) is 10.7. The number of urea groups is 1. The second-order valence-electron chi connectivity index (χ2n) is 4.10. The summed E-state index contributed by atoms with van der Waals surface area (Å²) in [5.41, 5.74) is 2.07. The largest absolute Gasteiger partial charge is 0.341 e. The molecule has 102 valence electrons. The maximum atomic E-state index is 11.5. The number of hydrogen-bond acceptors (Lipinski definition) is 4. The highest BCUT2D eigenvalue weighted by Gasteiger charge is 2.07. The molecule has 19 heavy (non-hydrogen) atoms.